The highest BCUT2D eigenvalue weighted by Crippen LogP contribution is 2.22. The molecule has 0 bridgehead atoms. The van der Waals surface area contributed by atoms with E-state index in [2.05, 4.69) is 9.97 Å². The number of likely N-dealkylation sites (N-methyl/N-ethyl adjacent to an activating group) is 1. The van der Waals surface area contributed by atoms with Crippen LogP contribution in [0.15, 0.2) is 17.6 Å². The second-order valence-corrected chi connectivity index (χ2v) is 5.62. The molecule has 5 nitrogen and oxygen atoms in total. The first-order valence-electron chi connectivity index (χ1n) is 6.11. The number of amides is 1. The number of hydrogen-bond donors (Lipinski definition) is 2. The highest BCUT2D eigenvalue weighted by atomic mass is 35.5. The van der Waals surface area contributed by atoms with Crippen molar-refractivity contribution in [3.63, 3.8) is 0 Å². The average molecular weight is 351 g/mol. The molecule has 0 spiro atoms. The zero-order valence-electron chi connectivity index (χ0n) is 12.1. The maximum atomic E-state index is 12.2. The summed E-state index contributed by atoms with van der Waals surface area (Å²) in [6.07, 6.45) is 1.81. The topological polar surface area (TPSA) is 75.0 Å². The number of carbonyl (C=O) groups excluding carboxylic acids is 1. The van der Waals surface area contributed by atoms with Crippen LogP contribution in [0, 0.1) is 6.92 Å². The standard InChI is InChI=1S/C13H18N4OS.2ClH/c1-8(5-14)17(3)13(18)11-4-10(6-15-11)12-7-19-9(2)16-12;;/h4,6-8,15H,5,14H2,1-3H3;2*1H. The zero-order valence-corrected chi connectivity index (χ0v) is 14.6. The van der Waals surface area contributed by atoms with Crippen LogP contribution in [0.1, 0.15) is 22.4 Å². The fourth-order valence-corrected chi connectivity index (χ4v) is 2.33. The molecule has 2 aromatic rings. The van der Waals surface area contributed by atoms with E-state index in [1.54, 1.807) is 23.3 Å². The van der Waals surface area contributed by atoms with Gasteiger partial charge in [-0.25, -0.2) is 4.98 Å². The van der Waals surface area contributed by atoms with Crippen molar-refractivity contribution in [2.75, 3.05) is 13.6 Å². The molecule has 1 unspecified atom stereocenters. The van der Waals surface area contributed by atoms with Crippen molar-refractivity contribution < 1.29 is 4.79 Å². The maximum absolute atomic E-state index is 12.2. The predicted octanol–water partition coefficient (Wildman–Crippen LogP) is 2.71. The number of nitrogens with two attached hydrogens (primary N) is 1. The van der Waals surface area contributed by atoms with E-state index in [1.165, 1.54) is 0 Å². The number of H-pyrrole nitrogens is 1. The average Bonchev–Trinajstić information content (AvgIpc) is 3.04. The van der Waals surface area contributed by atoms with Crippen molar-refractivity contribution in [2.45, 2.75) is 19.9 Å². The first kappa shape index (κ1) is 19.9. The lowest BCUT2D eigenvalue weighted by Crippen LogP contribution is -2.39. The van der Waals surface area contributed by atoms with Crippen molar-refractivity contribution in [2.24, 2.45) is 5.73 Å². The lowest BCUT2D eigenvalue weighted by molar-refractivity contribution is 0.0743. The molecule has 1 amide bonds. The van der Waals surface area contributed by atoms with Crippen molar-refractivity contribution in [3.8, 4) is 11.3 Å². The Morgan fingerprint density at radius 1 is 1.52 bits per heavy atom. The molecule has 2 aromatic heterocycles. The van der Waals surface area contributed by atoms with Gasteiger partial charge in [-0.05, 0) is 19.9 Å². The number of carbonyl (C=O) groups is 1. The number of hydrogen-bond acceptors (Lipinski definition) is 4. The summed E-state index contributed by atoms with van der Waals surface area (Å²) < 4.78 is 0. The second kappa shape index (κ2) is 8.38. The quantitative estimate of drug-likeness (QED) is 0.889. The van der Waals surface area contributed by atoms with Gasteiger partial charge in [0.2, 0.25) is 0 Å². The molecule has 0 fully saturated rings. The first-order valence-corrected chi connectivity index (χ1v) is 6.99. The predicted molar refractivity (Wildman–Crippen MR) is 91.7 cm³/mol. The first-order chi connectivity index (χ1) is 9.02. The molecule has 0 radical (unpaired) electrons. The lowest BCUT2D eigenvalue weighted by Gasteiger charge is -2.22. The number of rotatable bonds is 4. The normalized spacial score (nSPS) is 11.2. The van der Waals surface area contributed by atoms with Gasteiger partial charge in [-0.1, -0.05) is 0 Å². The van der Waals surface area contributed by atoms with Crippen molar-refractivity contribution in [3.05, 3.63) is 28.3 Å². The lowest BCUT2D eigenvalue weighted by atomic mass is 10.2. The smallest absolute Gasteiger partial charge is 0.270 e. The Bertz CT molecular complexity index is 584. The zero-order chi connectivity index (χ0) is 14.0. The maximum Gasteiger partial charge on any atom is 0.270 e. The highest BCUT2D eigenvalue weighted by molar-refractivity contribution is 7.09. The van der Waals surface area contributed by atoms with Crippen LogP contribution in [0.4, 0.5) is 0 Å². The Morgan fingerprint density at radius 2 is 2.19 bits per heavy atom. The molecule has 0 aliphatic rings. The van der Waals surface area contributed by atoms with Gasteiger partial charge in [-0.2, -0.15) is 0 Å². The van der Waals surface area contributed by atoms with Crippen LogP contribution < -0.4 is 5.73 Å². The van der Waals surface area contributed by atoms with Gasteiger partial charge in [0, 0.05) is 36.8 Å². The molecule has 21 heavy (non-hydrogen) atoms. The van der Waals surface area contributed by atoms with E-state index in [0.29, 0.717) is 12.2 Å². The van der Waals surface area contributed by atoms with Crippen LogP contribution >= 0.6 is 36.2 Å². The summed E-state index contributed by atoms with van der Waals surface area (Å²) >= 11 is 1.59. The molecule has 0 saturated carbocycles. The molecule has 8 heteroatoms. The Labute approximate surface area is 140 Å². The van der Waals surface area contributed by atoms with Crippen molar-refractivity contribution >= 4 is 42.1 Å². The van der Waals surface area contributed by atoms with E-state index in [1.807, 2.05) is 31.5 Å². The molecule has 118 valence electrons. The molecule has 0 aliphatic heterocycles. The van der Waals surface area contributed by atoms with Crippen LogP contribution in [-0.2, 0) is 0 Å². The monoisotopic (exact) mass is 350 g/mol. The third kappa shape index (κ3) is 4.44. The number of nitrogens with one attached hydrogen (secondary N) is 1. The van der Waals surface area contributed by atoms with Gasteiger partial charge in [0.25, 0.3) is 5.91 Å². The van der Waals surface area contributed by atoms with E-state index >= 15 is 0 Å². The number of thiazole rings is 1. The summed E-state index contributed by atoms with van der Waals surface area (Å²) in [5.74, 6) is -0.0591. The number of aryl methyl sites for hydroxylation is 1. The van der Waals surface area contributed by atoms with Crippen molar-refractivity contribution in [1.29, 1.82) is 0 Å². The van der Waals surface area contributed by atoms with E-state index in [9.17, 15) is 4.79 Å². The van der Waals surface area contributed by atoms with E-state index in [4.69, 9.17) is 5.73 Å². The fourth-order valence-electron chi connectivity index (χ4n) is 1.71. The van der Waals surface area contributed by atoms with Crippen LogP contribution in [-0.4, -0.2) is 40.4 Å². The molecule has 0 aliphatic carbocycles. The number of aromatic nitrogens is 2. The SMILES string of the molecule is Cc1nc(-c2c[nH]c(C(=O)N(C)C(C)CN)c2)cs1.Cl.Cl. The molecule has 3 N–H and O–H groups in total. The summed E-state index contributed by atoms with van der Waals surface area (Å²) in [6, 6.07) is 1.84. The van der Waals surface area contributed by atoms with E-state index < -0.39 is 0 Å². The number of halogens is 2. The highest BCUT2D eigenvalue weighted by Gasteiger charge is 2.18. The largest absolute Gasteiger partial charge is 0.357 e. The third-order valence-electron chi connectivity index (χ3n) is 3.15. The summed E-state index contributed by atoms with van der Waals surface area (Å²) in [4.78, 5) is 21.3. The van der Waals surface area contributed by atoms with Crippen LogP contribution in [0.5, 0.6) is 0 Å². The molecule has 0 saturated heterocycles. The minimum Gasteiger partial charge on any atom is -0.357 e. The van der Waals surface area contributed by atoms with Crippen LogP contribution in [0.25, 0.3) is 11.3 Å². The second-order valence-electron chi connectivity index (χ2n) is 4.55. The van der Waals surface area contributed by atoms with Crippen molar-refractivity contribution in [1.82, 2.24) is 14.9 Å². The van der Waals surface area contributed by atoms with Gasteiger partial charge < -0.3 is 15.6 Å². The summed E-state index contributed by atoms with van der Waals surface area (Å²) in [5.41, 5.74) is 7.96. The number of aromatic amines is 1. The molecular weight excluding hydrogens is 331 g/mol. The van der Waals surface area contributed by atoms with Gasteiger partial charge in [-0.3, -0.25) is 4.79 Å². The summed E-state index contributed by atoms with van der Waals surface area (Å²) in [5, 5.41) is 3.00. The Hall–Kier alpha value is -1.08. The van der Waals surface area contributed by atoms with Gasteiger partial charge in [0.05, 0.1) is 10.7 Å². The summed E-state index contributed by atoms with van der Waals surface area (Å²) in [7, 11) is 1.76. The minimum atomic E-state index is -0.0591. The molecule has 0 aromatic carbocycles. The molecule has 2 heterocycles. The van der Waals surface area contributed by atoms with E-state index in [-0.39, 0.29) is 36.8 Å². The molecule has 2 rings (SSSR count). The fraction of sp³-hybridized carbons (Fsp3) is 0.385. The van der Waals surface area contributed by atoms with Gasteiger partial charge >= 0.3 is 0 Å². The minimum absolute atomic E-state index is 0. The van der Waals surface area contributed by atoms with Gasteiger partial charge in [0.1, 0.15) is 5.69 Å². The Morgan fingerprint density at radius 3 is 2.71 bits per heavy atom. The van der Waals surface area contributed by atoms with Gasteiger partial charge in [-0.15, -0.1) is 36.2 Å². The number of nitrogens with zero attached hydrogens (tertiary/aromatic N) is 2. The molecular formula is C13H20Cl2N4OS. The third-order valence-corrected chi connectivity index (χ3v) is 3.92. The Balaban J connectivity index is 0.00000200. The summed E-state index contributed by atoms with van der Waals surface area (Å²) in [6.45, 7) is 4.33. The van der Waals surface area contributed by atoms with E-state index in [0.717, 1.165) is 16.3 Å². The Kier molecular flexibility index (Phi) is 7.95. The van der Waals surface area contributed by atoms with Crippen LogP contribution in [0.2, 0.25) is 0 Å². The van der Waals surface area contributed by atoms with Crippen LogP contribution in [0.3, 0.4) is 0 Å². The van der Waals surface area contributed by atoms with Gasteiger partial charge in [0.15, 0.2) is 0 Å². The molecule has 1 atom stereocenters.